The van der Waals surface area contributed by atoms with E-state index in [1.54, 1.807) is 0 Å². The van der Waals surface area contributed by atoms with Crippen LogP contribution in [0.15, 0.2) is 127 Å². The summed E-state index contributed by atoms with van der Waals surface area (Å²) in [5.74, 6) is 0.268. The summed E-state index contributed by atoms with van der Waals surface area (Å²) in [4.78, 5) is 2.32. The number of hydrogen-bond acceptors (Lipinski definition) is 1. The van der Waals surface area contributed by atoms with Gasteiger partial charge in [0.05, 0.1) is 0 Å². The molecule has 0 aromatic heterocycles. The first-order valence-electron chi connectivity index (χ1n) is 13.8. The van der Waals surface area contributed by atoms with Gasteiger partial charge in [-0.1, -0.05) is 108 Å². The molecular weight excluding hydrogens is 470 g/mol. The second-order valence-corrected chi connectivity index (χ2v) is 10.8. The Morgan fingerprint density at radius 3 is 2.00 bits per heavy atom. The zero-order valence-electron chi connectivity index (χ0n) is 22.4. The van der Waals surface area contributed by atoms with Gasteiger partial charge in [-0.25, -0.2) is 0 Å². The number of nitrogens with zero attached hydrogens (tertiary/aromatic N) is 1. The topological polar surface area (TPSA) is 3.24 Å². The summed E-state index contributed by atoms with van der Waals surface area (Å²) in [5, 5.41) is 2.78. The van der Waals surface area contributed by atoms with Gasteiger partial charge in [0.15, 0.2) is 0 Å². The Morgan fingerprint density at radius 2 is 1.33 bits per heavy atom. The number of allylic oxidation sites excluding steroid dienone is 5. The van der Waals surface area contributed by atoms with Crippen molar-refractivity contribution < 1.29 is 0 Å². The Hall–Kier alpha value is -4.62. The summed E-state index contributed by atoms with van der Waals surface area (Å²) < 4.78 is 0. The molecule has 1 nitrogen and oxygen atoms in total. The van der Waals surface area contributed by atoms with Crippen LogP contribution in [0.5, 0.6) is 0 Å². The van der Waals surface area contributed by atoms with Gasteiger partial charge in [0.1, 0.15) is 0 Å². The van der Waals surface area contributed by atoms with Crippen LogP contribution in [0.3, 0.4) is 0 Å². The highest BCUT2D eigenvalue weighted by molar-refractivity contribution is 6.02. The van der Waals surface area contributed by atoms with E-state index < -0.39 is 0 Å². The number of hydrogen-bond donors (Lipinski definition) is 0. The smallest absolute Gasteiger partial charge is 0.0462 e. The van der Waals surface area contributed by atoms with Crippen LogP contribution in [0.1, 0.15) is 39.3 Å². The molecule has 0 radical (unpaired) electrons. The second kappa shape index (κ2) is 9.60. The van der Waals surface area contributed by atoms with Crippen molar-refractivity contribution in [1.29, 1.82) is 0 Å². The monoisotopic (exact) mass is 501 g/mol. The van der Waals surface area contributed by atoms with Crippen molar-refractivity contribution >= 4 is 39.5 Å². The zero-order valence-corrected chi connectivity index (χ0v) is 22.4. The lowest BCUT2D eigenvalue weighted by Gasteiger charge is -2.26. The fourth-order valence-electron chi connectivity index (χ4n) is 5.97. The highest BCUT2D eigenvalue weighted by Gasteiger charge is 2.23. The maximum absolute atomic E-state index is 2.38. The molecule has 39 heavy (non-hydrogen) atoms. The SMILES string of the molecule is Cc1ccc(N(c2ccc(C)cc2)c2ccc(C=CC3C=CC4=CCc5cccc6ccc3c4c56)cc2)cc1. The summed E-state index contributed by atoms with van der Waals surface area (Å²) in [5.41, 5.74) is 12.8. The molecule has 0 aliphatic heterocycles. The summed E-state index contributed by atoms with van der Waals surface area (Å²) in [7, 11) is 0. The molecule has 188 valence electrons. The van der Waals surface area contributed by atoms with Crippen LogP contribution in [0, 0.1) is 13.8 Å². The Kier molecular flexibility index (Phi) is 5.78. The van der Waals surface area contributed by atoms with Crippen LogP contribution in [0.4, 0.5) is 17.1 Å². The van der Waals surface area contributed by atoms with Gasteiger partial charge in [0, 0.05) is 23.0 Å². The fourth-order valence-corrected chi connectivity index (χ4v) is 5.97. The van der Waals surface area contributed by atoms with Gasteiger partial charge in [0.25, 0.3) is 0 Å². The minimum absolute atomic E-state index is 0.268. The predicted molar refractivity (Wildman–Crippen MR) is 167 cm³/mol. The van der Waals surface area contributed by atoms with Crippen molar-refractivity contribution in [3.63, 3.8) is 0 Å². The van der Waals surface area contributed by atoms with Crippen molar-refractivity contribution in [2.45, 2.75) is 26.2 Å². The molecule has 0 saturated carbocycles. The highest BCUT2D eigenvalue weighted by Crippen LogP contribution is 2.43. The van der Waals surface area contributed by atoms with Crippen LogP contribution in [0.25, 0.3) is 22.4 Å². The lowest BCUT2D eigenvalue weighted by atomic mass is 9.78. The average molecular weight is 502 g/mol. The molecule has 0 amide bonds. The minimum atomic E-state index is 0.268. The van der Waals surface area contributed by atoms with Gasteiger partial charge in [-0.2, -0.15) is 0 Å². The van der Waals surface area contributed by atoms with E-state index in [1.165, 1.54) is 49.7 Å². The summed E-state index contributed by atoms with van der Waals surface area (Å²) in [6.45, 7) is 4.26. The number of benzene rings is 5. The molecule has 2 aliphatic carbocycles. The molecule has 0 spiro atoms. The third-order valence-corrected chi connectivity index (χ3v) is 8.07. The first-order chi connectivity index (χ1) is 19.1. The largest absolute Gasteiger partial charge is 0.311 e. The van der Waals surface area contributed by atoms with Gasteiger partial charge < -0.3 is 4.90 Å². The van der Waals surface area contributed by atoms with Crippen LogP contribution in [-0.2, 0) is 6.42 Å². The maximum atomic E-state index is 2.38. The van der Waals surface area contributed by atoms with Crippen molar-refractivity contribution in [3.8, 4) is 0 Å². The van der Waals surface area contributed by atoms with Gasteiger partial charge in [0.2, 0.25) is 0 Å². The quantitative estimate of drug-likeness (QED) is 0.231. The van der Waals surface area contributed by atoms with Crippen molar-refractivity contribution in [2.24, 2.45) is 0 Å². The van der Waals surface area contributed by atoms with E-state index in [0.29, 0.717) is 0 Å². The molecule has 0 heterocycles. The number of rotatable bonds is 5. The van der Waals surface area contributed by atoms with Gasteiger partial charge in [-0.3, -0.25) is 0 Å². The van der Waals surface area contributed by atoms with E-state index >= 15 is 0 Å². The Morgan fingerprint density at radius 1 is 0.692 bits per heavy atom. The minimum Gasteiger partial charge on any atom is -0.311 e. The molecule has 1 atom stereocenters. The molecule has 7 rings (SSSR count). The zero-order chi connectivity index (χ0) is 26.3. The lowest BCUT2D eigenvalue weighted by molar-refractivity contribution is 1.06. The van der Waals surface area contributed by atoms with Gasteiger partial charge in [-0.05, 0) is 95.3 Å². The molecule has 0 saturated heterocycles. The molecule has 5 aromatic carbocycles. The third kappa shape index (κ3) is 4.30. The summed E-state index contributed by atoms with van der Waals surface area (Å²) in [6.07, 6.45) is 12.7. The fraction of sp³-hybridized carbons (Fsp3) is 0.105. The highest BCUT2D eigenvalue weighted by atomic mass is 15.1. The van der Waals surface area contributed by atoms with E-state index in [9.17, 15) is 0 Å². The maximum Gasteiger partial charge on any atom is 0.0462 e. The molecule has 0 bridgehead atoms. The molecular formula is C38H31N. The van der Waals surface area contributed by atoms with Crippen LogP contribution < -0.4 is 4.90 Å². The first kappa shape index (κ1) is 23.5. The van der Waals surface area contributed by atoms with Crippen LogP contribution in [-0.4, -0.2) is 0 Å². The standard InChI is InChI=1S/C38H31N/c1-26-6-19-33(20-7-26)39(34-21-8-27(2)9-22-34)35-23-11-28(12-24-35)10-13-29-14-15-32-17-16-30-4-3-5-31-18-25-36(29)38(32)37(30)31/h3-15,17-25,29H,16H2,1-2H3. The van der Waals surface area contributed by atoms with E-state index in [-0.39, 0.29) is 5.92 Å². The normalized spacial score (nSPS) is 15.5. The lowest BCUT2D eigenvalue weighted by Crippen LogP contribution is -2.09. The molecule has 5 aromatic rings. The average Bonchev–Trinajstić information content (AvgIpc) is 2.98. The van der Waals surface area contributed by atoms with E-state index in [0.717, 1.165) is 23.5 Å². The van der Waals surface area contributed by atoms with E-state index in [1.807, 2.05) is 0 Å². The summed E-state index contributed by atoms with van der Waals surface area (Å²) in [6, 6.07) is 37.7. The molecule has 1 heteroatoms. The third-order valence-electron chi connectivity index (χ3n) is 8.07. The number of anilines is 3. The van der Waals surface area contributed by atoms with Gasteiger partial charge in [-0.15, -0.1) is 0 Å². The van der Waals surface area contributed by atoms with Gasteiger partial charge >= 0.3 is 0 Å². The van der Waals surface area contributed by atoms with Crippen molar-refractivity contribution in [1.82, 2.24) is 0 Å². The molecule has 1 unspecified atom stereocenters. The Bertz CT molecular complexity index is 1720. The van der Waals surface area contributed by atoms with E-state index in [4.69, 9.17) is 0 Å². The molecule has 2 aliphatic rings. The summed E-state index contributed by atoms with van der Waals surface area (Å²) >= 11 is 0. The predicted octanol–water partition coefficient (Wildman–Crippen LogP) is 10.2. The number of aryl methyl sites for hydroxylation is 2. The Balaban J connectivity index is 1.20. The van der Waals surface area contributed by atoms with Crippen LogP contribution in [0.2, 0.25) is 0 Å². The van der Waals surface area contributed by atoms with Crippen LogP contribution >= 0.6 is 0 Å². The molecule has 0 fully saturated rings. The second-order valence-electron chi connectivity index (χ2n) is 10.8. The van der Waals surface area contributed by atoms with Crippen molar-refractivity contribution in [2.75, 3.05) is 4.90 Å². The first-order valence-corrected chi connectivity index (χ1v) is 13.8. The molecule has 0 N–H and O–H groups in total. The van der Waals surface area contributed by atoms with Crippen molar-refractivity contribution in [3.05, 3.63) is 161 Å². The van der Waals surface area contributed by atoms with E-state index in [2.05, 4.69) is 152 Å². The Labute approximate surface area is 231 Å².